The Morgan fingerprint density at radius 1 is 1.17 bits per heavy atom. The molecule has 5 nitrogen and oxygen atoms in total. The lowest BCUT2D eigenvalue weighted by molar-refractivity contribution is -0.142. The maximum Gasteiger partial charge on any atom is 0.228 e. The molecule has 2 amide bonds. The summed E-state index contributed by atoms with van der Waals surface area (Å²) in [6.07, 6.45) is 7.18. The molecule has 1 aromatic carbocycles. The molecule has 1 saturated heterocycles. The van der Waals surface area contributed by atoms with Crippen LogP contribution in [0.5, 0.6) is 0 Å². The van der Waals surface area contributed by atoms with Gasteiger partial charge in [-0.3, -0.25) is 14.6 Å². The van der Waals surface area contributed by atoms with Crippen LogP contribution in [-0.4, -0.2) is 40.8 Å². The van der Waals surface area contributed by atoms with E-state index in [2.05, 4.69) is 22.4 Å². The number of hydrogen-bond donors (Lipinski definition) is 1. The molecule has 1 aromatic heterocycles. The summed E-state index contributed by atoms with van der Waals surface area (Å²) in [6.45, 7) is 7.21. The van der Waals surface area contributed by atoms with E-state index in [1.807, 2.05) is 49.9 Å². The Labute approximate surface area is 179 Å². The number of benzene rings is 1. The molecule has 160 valence electrons. The van der Waals surface area contributed by atoms with Gasteiger partial charge in [0.05, 0.1) is 5.41 Å². The molecule has 2 aromatic rings. The number of nitrogens with one attached hydrogen (secondary N) is 1. The molecule has 0 unspecified atom stereocenters. The molecule has 0 radical (unpaired) electrons. The number of piperidine rings is 1. The number of hydrogen-bond acceptors (Lipinski definition) is 3. The number of rotatable bonds is 7. The lowest BCUT2D eigenvalue weighted by Gasteiger charge is -2.42. The number of carbonyl (C=O) groups is 2. The SMILES string of the molecule is CCCC(=O)N1CCC[C@@](Cc2ccccc2-c2ccncc2)(C(=O)NC(C)C)C1. The number of nitrogens with zero attached hydrogens (tertiary/aromatic N) is 2. The van der Waals surface area contributed by atoms with Crippen LogP contribution in [0.4, 0.5) is 0 Å². The lowest BCUT2D eigenvalue weighted by atomic mass is 9.73. The van der Waals surface area contributed by atoms with Gasteiger partial charge in [-0.1, -0.05) is 31.2 Å². The first-order chi connectivity index (χ1) is 14.4. The predicted molar refractivity (Wildman–Crippen MR) is 120 cm³/mol. The Kier molecular flexibility index (Phi) is 7.24. The molecule has 0 aliphatic carbocycles. The molecule has 0 bridgehead atoms. The van der Waals surface area contributed by atoms with E-state index in [9.17, 15) is 9.59 Å². The van der Waals surface area contributed by atoms with Gasteiger partial charge in [-0.2, -0.15) is 0 Å². The quantitative estimate of drug-likeness (QED) is 0.747. The number of pyridine rings is 1. The van der Waals surface area contributed by atoms with Gasteiger partial charge >= 0.3 is 0 Å². The highest BCUT2D eigenvalue weighted by Crippen LogP contribution is 2.37. The monoisotopic (exact) mass is 407 g/mol. The van der Waals surface area contributed by atoms with Gasteiger partial charge < -0.3 is 10.2 Å². The van der Waals surface area contributed by atoms with Gasteiger partial charge in [0.25, 0.3) is 0 Å². The number of amides is 2. The minimum Gasteiger partial charge on any atom is -0.353 e. The van der Waals surface area contributed by atoms with Crippen LogP contribution in [0.3, 0.4) is 0 Å². The van der Waals surface area contributed by atoms with Crippen LogP contribution in [0.15, 0.2) is 48.8 Å². The molecule has 3 rings (SSSR count). The van der Waals surface area contributed by atoms with Gasteiger partial charge in [0.1, 0.15) is 0 Å². The number of likely N-dealkylation sites (tertiary alicyclic amines) is 1. The van der Waals surface area contributed by atoms with E-state index in [-0.39, 0.29) is 17.9 Å². The van der Waals surface area contributed by atoms with E-state index in [1.165, 1.54) is 0 Å². The van der Waals surface area contributed by atoms with Crippen molar-refractivity contribution in [3.05, 3.63) is 54.4 Å². The molecule has 0 spiro atoms. The van der Waals surface area contributed by atoms with Crippen molar-refractivity contribution in [3.63, 3.8) is 0 Å². The summed E-state index contributed by atoms with van der Waals surface area (Å²) in [5.41, 5.74) is 2.73. The molecule has 0 saturated carbocycles. The van der Waals surface area contributed by atoms with Crippen molar-refractivity contribution < 1.29 is 9.59 Å². The highest BCUT2D eigenvalue weighted by molar-refractivity contribution is 5.85. The molecule has 1 N–H and O–H groups in total. The van der Waals surface area contributed by atoms with Crippen molar-refractivity contribution in [2.24, 2.45) is 5.41 Å². The Morgan fingerprint density at radius 2 is 1.90 bits per heavy atom. The highest BCUT2D eigenvalue weighted by atomic mass is 16.2. The van der Waals surface area contributed by atoms with E-state index < -0.39 is 5.41 Å². The largest absolute Gasteiger partial charge is 0.353 e. The van der Waals surface area contributed by atoms with Crippen molar-refractivity contribution in [1.29, 1.82) is 0 Å². The molecule has 1 aliphatic rings. The van der Waals surface area contributed by atoms with Crippen molar-refractivity contribution >= 4 is 11.8 Å². The van der Waals surface area contributed by atoms with Crippen molar-refractivity contribution in [2.75, 3.05) is 13.1 Å². The van der Waals surface area contributed by atoms with Crippen LogP contribution < -0.4 is 5.32 Å². The van der Waals surface area contributed by atoms with Crippen LogP contribution in [0, 0.1) is 5.41 Å². The Bertz CT molecular complexity index is 866. The first-order valence-corrected chi connectivity index (χ1v) is 11.0. The molecular formula is C25H33N3O2. The van der Waals surface area contributed by atoms with Crippen LogP contribution >= 0.6 is 0 Å². The minimum atomic E-state index is -0.616. The van der Waals surface area contributed by atoms with Crippen LogP contribution in [0.25, 0.3) is 11.1 Å². The van der Waals surface area contributed by atoms with E-state index in [0.717, 1.165) is 42.5 Å². The summed E-state index contributed by atoms with van der Waals surface area (Å²) in [7, 11) is 0. The summed E-state index contributed by atoms with van der Waals surface area (Å²) in [6, 6.07) is 12.3. The third-order valence-corrected chi connectivity index (χ3v) is 5.83. The second kappa shape index (κ2) is 9.88. The normalized spacial score (nSPS) is 19.0. The third-order valence-electron chi connectivity index (χ3n) is 5.83. The maximum atomic E-state index is 13.4. The van der Waals surface area contributed by atoms with Crippen LogP contribution in [0.2, 0.25) is 0 Å². The Hall–Kier alpha value is -2.69. The second-order valence-corrected chi connectivity index (χ2v) is 8.65. The van der Waals surface area contributed by atoms with Crippen LogP contribution in [0.1, 0.15) is 52.0 Å². The van der Waals surface area contributed by atoms with Gasteiger partial charge in [0.15, 0.2) is 0 Å². The van der Waals surface area contributed by atoms with Crippen molar-refractivity contribution in [2.45, 2.75) is 58.9 Å². The highest BCUT2D eigenvalue weighted by Gasteiger charge is 2.43. The van der Waals surface area contributed by atoms with Crippen molar-refractivity contribution in [1.82, 2.24) is 15.2 Å². The van der Waals surface area contributed by atoms with E-state index in [0.29, 0.717) is 19.4 Å². The third kappa shape index (κ3) is 5.07. The smallest absolute Gasteiger partial charge is 0.228 e. The van der Waals surface area contributed by atoms with Gasteiger partial charge in [-0.15, -0.1) is 0 Å². The average Bonchev–Trinajstić information content (AvgIpc) is 2.74. The molecule has 1 aliphatic heterocycles. The maximum absolute atomic E-state index is 13.4. The first-order valence-electron chi connectivity index (χ1n) is 11.0. The molecule has 30 heavy (non-hydrogen) atoms. The molecule has 1 fully saturated rings. The predicted octanol–water partition coefficient (Wildman–Crippen LogP) is 4.22. The zero-order valence-corrected chi connectivity index (χ0v) is 18.4. The zero-order chi connectivity index (χ0) is 21.6. The van der Waals surface area contributed by atoms with E-state index >= 15 is 0 Å². The summed E-state index contributed by atoms with van der Waals surface area (Å²) >= 11 is 0. The fraction of sp³-hybridized carbons (Fsp3) is 0.480. The standard InChI is InChI=1S/C25H33N3O2/c1-4-8-23(29)28-16-7-13-25(18-28,24(30)27-19(2)3)17-21-9-5-6-10-22(21)20-11-14-26-15-12-20/h5-6,9-12,14-15,19H,4,7-8,13,16-18H2,1-3H3,(H,27,30)/t25-/m0/s1. The van der Waals surface area contributed by atoms with E-state index in [1.54, 1.807) is 12.4 Å². The molecular weight excluding hydrogens is 374 g/mol. The Morgan fingerprint density at radius 3 is 2.60 bits per heavy atom. The van der Waals surface area contributed by atoms with Crippen LogP contribution in [-0.2, 0) is 16.0 Å². The van der Waals surface area contributed by atoms with Crippen molar-refractivity contribution in [3.8, 4) is 11.1 Å². The average molecular weight is 408 g/mol. The first kappa shape index (κ1) is 22.0. The second-order valence-electron chi connectivity index (χ2n) is 8.65. The van der Waals surface area contributed by atoms with Gasteiger partial charge in [0.2, 0.25) is 11.8 Å². The summed E-state index contributed by atoms with van der Waals surface area (Å²) in [5.74, 6) is 0.206. The fourth-order valence-electron chi connectivity index (χ4n) is 4.39. The minimum absolute atomic E-state index is 0.0519. The summed E-state index contributed by atoms with van der Waals surface area (Å²) < 4.78 is 0. The van der Waals surface area contributed by atoms with E-state index in [4.69, 9.17) is 0 Å². The topological polar surface area (TPSA) is 62.3 Å². The van der Waals surface area contributed by atoms with Gasteiger partial charge in [-0.05, 0) is 68.4 Å². The zero-order valence-electron chi connectivity index (χ0n) is 18.4. The number of carbonyl (C=O) groups excluding carboxylic acids is 2. The fourth-order valence-corrected chi connectivity index (χ4v) is 4.39. The molecule has 1 atom stereocenters. The Balaban J connectivity index is 1.97. The molecule has 2 heterocycles. The lowest BCUT2D eigenvalue weighted by Crippen LogP contribution is -2.55. The van der Waals surface area contributed by atoms with Gasteiger partial charge in [0, 0.05) is 37.9 Å². The summed E-state index contributed by atoms with van der Waals surface area (Å²) in [5, 5.41) is 3.14. The number of aromatic nitrogens is 1. The van der Waals surface area contributed by atoms with Gasteiger partial charge in [-0.25, -0.2) is 0 Å². The summed E-state index contributed by atoms with van der Waals surface area (Å²) in [4.78, 5) is 32.1. The molecule has 5 heteroatoms.